The zero-order valence-corrected chi connectivity index (χ0v) is 10.2. The van der Waals surface area contributed by atoms with E-state index < -0.39 is 0 Å². The fourth-order valence-electron chi connectivity index (χ4n) is 1.47. The van der Waals surface area contributed by atoms with Crippen molar-refractivity contribution in [2.75, 3.05) is 0 Å². The Kier molecular flexibility index (Phi) is 3.71. The lowest BCUT2D eigenvalue weighted by Gasteiger charge is -2.07. The number of hydrogen-bond acceptors (Lipinski definition) is 3. The van der Waals surface area contributed by atoms with E-state index in [-0.39, 0.29) is 10.8 Å². The summed E-state index contributed by atoms with van der Waals surface area (Å²) < 4.78 is 5.52. The van der Waals surface area contributed by atoms with Gasteiger partial charge in [0.25, 0.3) is 0 Å². The molecule has 90 valence electrons. The maximum atomic E-state index is 9.27. The summed E-state index contributed by atoms with van der Waals surface area (Å²) in [4.78, 5) is 0. The van der Waals surface area contributed by atoms with Crippen LogP contribution in [0.1, 0.15) is 11.1 Å². The van der Waals surface area contributed by atoms with Gasteiger partial charge in [0.15, 0.2) is 0 Å². The average Bonchev–Trinajstić information content (AvgIpc) is 2.40. The fourth-order valence-corrected chi connectivity index (χ4v) is 1.65. The van der Waals surface area contributed by atoms with Gasteiger partial charge in [-0.15, -0.1) is 0 Å². The second-order valence-electron chi connectivity index (χ2n) is 3.71. The van der Waals surface area contributed by atoms with Gasteiger partial charge in [0.2, 0.25) is 0 Å². The van der Waals surface area contributed by atoms with E-state index in [1.54, 1.807) is 30.3 Å². The summed E-state index contributed by atoms with van der Waals surface area (Å²) in [7, 11) is 0. The second-order valence-corrected chi connectivity index (χ2v) is 4.12. The largest absolute Gasteiger partial charge is 0.506 e. The lowest BCUT2D eigenvalue weighted by Crippen LogP contribution is -1.95. The highest BCUT2D eigenvalue weighted by Crippen LogP contribution is 2.27. The zero-order chi connectivity index (χ0) is 13.0. The smallest absolute Gasteiger partial charge is 0.134 e. The molecule has 0 atom stereocenters. The molecule has 0 radical (unpaired) electrons. The van der Waals surface area contributed by atoms with Crippen molar-refractivity contribution in [1.29, 1.82) is 5.26 Å². The molecule has 0 fully saturated rings. The lowest BCUT2D eigenvalue weighted by atomic mass is 10.1. The quantitative estimate of drug-likeness (QED) is 0.918. The first-order valence-electron chi connectivity index (χ1n) is 5.29. The molecule has 0 bridgehead atoms. The highest BCUT2D eigenvalue weighted by atomic mass is 35.5. The van der Waals surface area contributed by atoms with Gasteiger partial charge < -0.3 is 9.84 Å². The van der Waals surface area contributed by atoms with Crippen molar-refractivity contribution in [3.05, 3.63) is 58.6 Å². The SMILES string of the molecule is N#Cc1cccc(COc2ccc(O)c(Cl)c2)c1. The first-order valence-corrected chi connectivity index (χ1v) is 5.67. The molecule has 2 rings (SSSR count). The lowest BCUT2D eigenvalue weighted by molar-refractivity contribution is 0.305. The van der Waals surface area contributed by atoms with Crippen molar-refractivity contribution in [1.82, 2.24) is 0 Å². The summed E-state index contributed by atoms with van der Waals surface area (Å²) in [5, 5.41) is 18.3. The maximum absolute atomic E-state index is 9.27. The number of halogens is 1. The highest BCUT2D eigenvalue weighted by Gasteiger charge is 2.02. The van der Waals surface area contributed by atoms with Gasteiger partial charge in [0, 0.05) is 6.07 Å². The number of nitrogens with zero attached hydrogens (tertiary/aromatic N) is 1. The van der Waals surface area contributed by atoms with Crippen LogP contribution in [0.2, 0.25) is 5.02 Å². The minimum Gasteiger partial charge on any atom is -0.506 e. The summed E-state index contributed by atoms with van der Waals surface area (Å²) in [6, 6.07) is 13.9. The molecular formula is C14H10ClNO2. The van der Waals surface area contributed by atoms with Crippen molar-refractivity contribution in [3.8, 4) is 17.6 Å². The van der Waals surface area contributed by atoms with Crippen molar-refractivity contribution in [2.24, 2.45) is 0 Å². The monoisotopic (exact) mass is 259 g/mol. The molecule has 0 saturated heterocycles. The van der Waals surface area contributed by atoms with Crippen LogP contribution in [0.5, 0.6) is 11.5 Å². The Morgan fingerprint density at radius 3 is 2.78 bits per heavy atom. The topological polar surface area (TPSA) is 53.2 Å². The van der Waals surface area contributed by atoms with Crippen LogP contribution in [0.15, 0.2) is 42.5 Å². The van der Waals surface area contributed by atoms with Crippen LogP contribution < -0.4 is 4.74 Å². The molecule has 18 heavy (non-hydrogen) atoms. The summed E-state index contributed by atoms with van der Waals surface area (Å²) in [6.45, 7) is 0.344. The van der Waals surface area contributed by atoms with E-state index in [2.05, 4.69) is 6.07 Å². The fraction of sp³-hybridized carbons (Fsp3) is 0.0714. The first-order chi connectivity index (χ1) is 8.69. The Morgan fingerprint density at radius 1 is 1.22 bits per heavy atom. The molecule has 0 heterocycles. The van der Waals surface area contributed by atoms with Crippen molar-refractivity contribution < 1.29 is 9.84 Å². The average molecular weight is 260 g/mol. The molecule has 3 nitrogen and oxygen atoms in total. The highest BCUT2D eigenvalue weighted by molar-refractivity contribution is 6.32. The van der Waals surface area contributed by atoms with E-state index in [9.17, 15) is 5.11 Å². The molecule has 2 aromatic rings. The van der Waals surface area contributed by atoms with Crippen LogP contribution >= 0.6 is 11.6 Å². The summed E-state index contributed by atoms with van der Waals surface area (Å²) in [5.74, 6) is 0.593. The molecule has 2 aromatic carbocycles. The summed E-state index contributed by atoms with van der Waals surface area (Å²) >= 11 is 5.77. The molecule has 0 amide bonds. The van der Waals surface area contributed by atoms with Crippen LogP contribution in [-0.4, -0.2) is 5.11 Å². The third kappa shape index (κ3) is 2.93. The maximum Gasteiger partial charge on any atom is 0.134 e. The van der Waals surface area contributed by atoms with Gasteiger partial charge >= 0.3 is 0 Å². The van der Waals surface area contributed by atoms with E-state index in [0.29, 0.717) is 17.9 Å². The molecule has 4 heteroatoms. The standard InChI is InChI=1S/C14H10ClNO2/c15-13-7-12(4-5-14(13)17)18-9-11-3-1-2-10(6-11)8-16/h1-7,17H,9H2. The molecule has 0 aliphatic heterocycles. The number of ether oxygens (including phenoxy) is 1. The van der Waals surface area contributed by atoms with E-state index in [0.717, 1.165) is 5.56 Å². The first kappa shape index (κ1) is 12.3. The third-order valence-electron chi connectivity index (χ3n) is 2.38. The van der Waals surface area contributed by atoms with Gasteiger partial charge in [0.1, 0.15) is 18.1 Å². The number of benzene rings is 2. The number of rotatable bonds is 3. The minimum atomic E-state index is 0.0236. The van der Waals surface area contributed by atoms with Gasteiger partial charge in [-0.3, -0.25) is 0 Å². The van der Waals surface area contributed by atoms with Crippen LogP contribution in [0, 0.1) is 11.3 Å². The van der Waals surface area contributed by atoms with Crippen molar-refractivity contribution >= 4 is 11.6 Å². The molecular weight excluding hydrogens is 250 g/mol. The molecule has 0 aliphatic carbocycles. The second kappa shape index (κ2) is 5.44. The molecule has 0 saturated carbocycles. The Hall–Kier alpha value is -2.18. The number of phenolic OH excluding ortho intramolecular Hbond substituents is 1. The van der Waals surface area contributed by atoms with E-state index in [4.69, 9.17) is 21.6 Å². The Balaban J connectivity index is 2.07. The van der Waals surface area contributed by atoms with Gasteiger partial charge in [-0.2, -0.15) is 5.26 Å². The Morgan fingerprint density at radius 2 is 2.06 bits per heavy atom. The van der Waals surface area contributed by atoms with Crippen LogP contribution in [0.25, 0.3) is 0 Å². The van der Waals surface area contributed by atoms with Gasteiger partial charge in [-0.25, -0.2) is 0 Å². The molecule has 0 aromatic heterocycles. The van der Waals surface area contributed by atoms with Crippen molar-refractivity contribution in [3.63, 3.8) is 0 Å². The molecule has 0 aliphatic rings. The molecule has 0 spiro atoms. The molecule has 0 unspecified atom stereocenters. The van der Waals surface area contributed by atoms with Crippen molar-refractivity contribution in [2.45, 2.75) is 6.61 Å². The van der Waals surface area contributed by atoms with Gasteiger partial charge in [0.05, 0.1) is 16.7 Å². The van der Waals surface area contributed by atoms with E-state index >= 15 is 0 Å². The minimum absolute atomic E-state index is 0.0236. The van der Waals surface area contributed by atoms with E-state index in [1.165, 1.54) is 6.07 Å². The summed E-state index contributed by atoms with van der Waals surface area (Å²) in [5.41, 5.74) is 1.50. The Labute approximate surface area is 110 Å². The Bertz CT molecular complexity index is 605. The number of phenols is 1. The predicted octanol–water partition coefficient (Wildman–Crippen LogP) is 3.50. The van der Waals surface area contributed by atoms with E-state index in [1.807, 2.05) is 6.07 Å². The number of hydrogen-bond donors (Lipinski definition) is 1. The zero-order valence-electron chi connectivity index (χ0n) is 9.43. The predicted molar refractivity (Wildman–Crippen MR) is 68.6 cm³/mol. The van der Waals surface area contributed by atoms with Gasteiger partial charge in [-0.05, 0) is 29.8 Å². The van der Waals surface area contributed by atoms with Crippen LogP contribution in [-0.2, 0) is 6.61 Å². The van der Waals surface area contributed by atoms with Crippen LogP contribution in [0.3, 0.4) is 0 Å². The third-order valence-corrected chi connectivity index (χ3v) is 2.68. The van der Waals surface area contributed by atoms with Crippen LogP contribution in [0.4, 0.5) is 0 Å². The summed E-state index contributed by atoms with van der Waals surface area (Å²) in [6.07, 6.45) is 0. The number of nitriles is 1. The molecule has 1 N–H and O–H groups in total. The number of aromatic hydroxyl groups is 1. The normalized spacial score (nSPS) is 9.78. The van der Waals surface area contributed by atoms with Gasteiger partial charge in [-0.1, -0.05) is 23.7 Å².